The molecule has 0 unspecified atom stereocenters. The minimum Gasteiger partial charge on any atom is -0.352 e. The van der Waals surface area contributed by atoms with Crippen LogP contribution in [0.15, 0.2) is 24.3 Å². The molecule has 7 nitrogen and oxygen atoms in total. The molecular formula is C22H29N5O2S. The second-order valence-electron chi connectivity index (χ2n) is 8.12. The third-order valence-electron chi connectivity index (χ3n) is 5.58. The molecule has 1 saturated carbocycles. The van der Waals surface area contributed by atoms with Gasteiger partial charge in [0.05, 0.1) is 0 Å². The molecule has 0 bridgehead atoms. The summed E-state index contributed by atoms with van der Waals surface area (Å²) in [7, 11) is 0. The van der Waals surface area contributed by atoms with Gasteiger partial charge in [-0.25, -0.2) is 0 Å². The number of hydrogen-bond donors (Lipinski definition) is 2. The third-order valence-corrected chi connectivity index (χ3v) is 6.66. The number of hydrogen-bond acceptors (Lipinski definition) is 6. The first-order chi connectivity index (χ1) is 14.7. The summed E-state index contributed by atoms with van der Waals surface area (Å²) in [6.07, 6.45) is 8.44. The van der Waals surface area contributed by atoms with Crippen molar-refractivity contribution in [2.45, 2.75) is 50.9 Å². The number of amides is 2. The fourth-order valence-electron chi connectivity index (χ4n) is 3.71. The van der Waals surface area contributed by atoms with Crippen LogP contribution in [0, 0.1) is 0 Å². The zero-order chi connectivity index (χ0) is 20.8. The van der Waals surface area contributed by atoms with Crippen LogP contribution in [0.25, 0.3) is 0 Å². The second-order valence-corrected chi connectivity index (χ2v) is 9.13. The summed E-state index contributed by atoms with van der Waals surface area (Å²) in [5.41, 5.74) is 1.12. The van der Waals surface area contributed by atoms with Crippen molar-refractivity contribution in [1.82, 2.24) is 20.4 Å². The lowest BCUT2D eigenvalue weighted by atomic mass is 10.2. The van der Waals surface area contributed by atoms with Crippen molar-refractivity contribution in [3.05, 3.63) is 39.8 Å². The maximum atomic E-state index is 12.5. The first kappa shape index (κ1) is 20.9. The summed E-state index contributed by atoms with van der Waals surface area (Å²) < 4.78 is 0. The number of carbonyl (C=O) groups is 2. The van der Waals surface area contributed by atoms with Crippen molar-refractivity contribution in [2.75, 3.05) is 31.5 Å². The predicted octanol–water partition coefficient (Wildman–Crippen LogP) is 3.66. The van der Waals surface area contributed by atoms with Gasteiger partial charge in [-0.3, -0.25) is 9.59 Å². The second kappa shape index (κ2) is 10.1. The van der Waals surface area contributed by atoms with E-state index in [0.29, 0.717) is 28.7 Å². The number of carbonyl (C=O) groups excluding carboxylic acids is 2. The van der Waals surface area contributed by atoms with E-state index in [1.807, 2.05) is 0 Å². The quantitative estimate of drug-likeness (QED) is 0.628. The number of nitrogens with zero attached hydrogens (tertiary/aromatic N) is 3. The van der Waals surface area contributed by atoms with Crippen LogP contribution < -0.4 is 10.6 Å². The normalized spacial score (nSPS) is 17.3. The Morgan fingerprint density at radius 2 is 1.87 bits per heavy atom. The summed E-state index contributed by atoms with van der Waals surface area (Å²) in [4.78, 5) is 27.4. The van der Waals surface area contributed by atoms with Gasteiger partial charge in [0.15, 0.2) is 0 Å². The predicted molar refractivity (Wildman–Crippen MR) is 118 cm³/mol. The van der Waals surface area contributed by atoms with E-state index < -0.39 is 0 Å². The molecule has 2 amide bonds. The minimum atomic E-state index is -0.283. The summed E-state index contributed by atoms with van der Waals surface area (Å²) in [5, 5.41) is 15.2. The van der Waals surface area contributed by atoms with E-state index in [-0.39, 0.29) is 11.8 Å². The molecule has 0 spiro atoms. The molecule has 0 atom stereocenters. The topological polar surface area (TPSA) is 87.2 Å². The van der Waals surface area contributed by atoms with Gasteiger partial charge in [-0.2, -0.15) is 0 Å². The van der Waals surface area contributed by atoms with Crippen LogP contribution in [0.1, 0.15) is 76.0 Å². The highest BCUT2D eigenvalue weighted by atomic mass is 32.1. The van der Waals surface area contributed by atoms with Gasteiger partial charge in [0, 0.05) is 23.7 Å². The van der Waals surface area contributed by atoms with Crippen molar-refractivity contribution < 1.29 is 9.59 Å². The molecule has 1 aromatic carbocycles. The molecule has 0 radical (unpaired) electrons. The molecule has 2 aliphatic rings. The molecule has 30 heavy (non-hydrogen) atoms. The van der Waals surface area contributed by atoms with Crippen LogP contribution in [0.5, 0.6) is 0 Å². The number of anilines is 1. The minimum absolute atomic E-state index is 0.117. The van der Waals surface area contributed by atoms with Gasteiger partial charge in [-0.1, -0.05) is 30.2 Å². The van der Waals surface area contributed by atoms with Crippen LogP contribution in [0.2, 0.25) is 0 Å². The lowest BCUT2D eigenvalue weighted by Crippen LogP contribution is -2.30. The molecular weight excluding hydrogens is 398 g/mol. The number of likely N-dealkylation sites (tertiary alicyclic amines) is 1. The highest BCUT2D eigenvalue weighted by Crippen LogP contribution is 2.41. The van der Waals surface area contributed by atoms with Crippen molar-refractivity contribution in [2.24, 2.45) is 0 Å². The van der Waals surface area contributed by atoms with Crippen LogP contribution in [-0.2, 0) is 0 Å². The lowest BCUT2D eigenvalue weighted by molar-refractivity contribution is 0.0950. The number of nitrogens with one attached hydrogen (secondary N) is 2. The van der Waals surface area contributed by atoms with Gasteiger partial charge >= 0.3 is 0 Å². The zero-order valence-corrected chi connectivity index (χ0v) is 18.0. The van der Waals surface area contributed by atoms with Gasteiger partial charge < -0.3 is 15.5 Å². The van der Waals surface area contributed by atoms with Crippen molar-refractivity contribution in [1.29, 1.82) is 0 Å². The van der Waals surface area contributed by atoms with Crippen LogP contribution in [-0.4, -0.2) is 53.1 Å². The van der Waals surface area contributed by atoms with Gasteiger partial charge in [0.2, 0.25) is 5.01 Å². The van der Waals surface area contributed by atoms with E-state index in [2.05, 4.69) is 25.7 Å². The molecule has 1 saturated heterocycles. The largest absolute Gasteiger partial charge is 0.352 e. The smallest absolute Gasteiger partial charge is 0.286 e. The Bertz CT molecular complexity index is 872. The summed E-state index contributed by atoms with van der Waals surface area (Å²) in [5.74, 6) is 0.0822. The summed E-state index contributed by atoms with van der Waals surface area (Å²) in [6, 6.07) is 7.01. The first-order valence-electron chi connectivity index (χ1n) is 10.9. The molecule has 1 aliphatic carbocycles. The molecule has 1 aliphatic heterocycles. The Balaban J connectivity index is 1.24. The molecule has 2 aromatic rings. The molecule has 1 aromatic heterocycles. The Morgan fingerprint density at radius 1 is 1.07 bits per heavy atom. The van der Waals surface area contributed by atoms with Gasteiger partial charge in [-0.05, 0) is 69.9 Å². The van der Waals surface area contributed by atoms with E-state index in [4.69, 9.17) is 0 Å². The van der Waals surface area contributed by atoms with Gasteiger partial charge in [0.1, 0.15) is 5.01 Å². The van der Waals surface area contributed by atoms with Crippen molar-refractivity contribution >= 4 is 28.8 Å². The zero-order valence-electron chi connectivity index (χ0n) is 17.2. The molecule has 4 rings (SSSR count). The lowest BCUT2D eigenvalue weighted by Gasteiger charge is -2.19. The SMILES string of the molecule is O=C(NCCCN1CCCCCC1)c1cccc(NC(=O)c2nnc(C3CC3)s2)c1. The van der Waals surface area contributed by atoms with Gasteiger partial charge in [-0.15, -0.1) is 10.2 Å². The molecule has 160 valence electrons. The standard InChI is InChI=1S/C22H29N5O2S/c28-19(23-11-6-14-27-12-3-1-2-4-13-27)17-7-5-8-18(15-17)24-20(29)22-26-25-21(30-22)16-9-10-16/h5,7-8,15-16H,1-4,6,9-14H2,(H,23,28)(H,24,29). The summed E-state index contributed by atoms with van der Waals surface area (Å²) in [6.45, 7) is 4.03. The fraction of sp³-hybridized carbons (Fsp3) is 0.545. The monoisotopic (exact) mass is 427 g/mol. The van der Waals surface area contributed by atoms with E-state index in [1.54, 1.807) is 24.3 Å². The third kappa shape index (κ3) is 5.86. The van der Waals surface area contributed by atoms with Crippen LogP contribution >= 0.6 is 11.3 Å². The molecule has 2 N–H and O–H groups in total. The highest BCUT2D eigenvalue weighted by molar-refractivity contribution is 7.13. The fourth-order valence-corrected chi connectivity index (χ4v) is 4.62. The van der Waals surface area contributed by atoms with E-state index in [1.165, 1.54) is 50.1 Å². The Kier molecular flexibility index (Phi) is 7.07. The van der Waals surface area contributed by atoms with Gasteiger partial charge in [0.25, 0.3) is 11.8 Å². The van der Waals surface area contributed by atoms with E-state index >= 15 is 0 Å². The Hall–Kier alpha value is -2.32. The average Bonchev–Trinajstić information content (AvgIpc) is 3.54. The van der Waals surface area contributed by atoms with E-state index in [9.17, 15) is 9.59 Å². The number of rotatable bonds is 8. The van der Waals surface area contributed by atoms with E-state index in [0.717, 1.165) is 30.8 Å². The maximum Gasteiger partial charge on any atom is 0.286 e. The highest BCUT2D eigenvalue weighted by Gasteiger charge is 2.28. The van der Waals surface area contributed by atoms with Crippen LogP contribution in [0.3, 0.4) is 0 Å². The summed E-state index contributed by atoms with van der Waals surface area (Å²) >= 11 is 1.35. The van der Waals surface area contributed by atoms with Crippen molar-refractivity contribution in [3.63, 3.8) is 0 Å². The maximum absolute atomic E-state index is 12.5. The van der Waals surface area contributed by atoms with Crippen molar-refractivity contribution in [3.8, 4) is 0 Å². The average molecular weight is 428 g/mol. The molecule has 8 heteroatoms. The number of benzene rings is 1. The number of aromatic nitrogens is 2. The Morgan fingerprint density at radius 3 is 2.63 bits per heavy atom. The van der Waals surface area contributed by atoms with Crippen LogP contribution in [0.4, 0.5) is 5.69 Å². The molecule has 2 heterocycles. The first-order valence-corrected chi connectivity index (χ1v) is 11.8. The Labute approximate surface area is 181 Å². The molecule has 2 fully saturated rings.